The van der Waals surface area contributed by atoms with Crippen molar-refractivity contribution in [3.8, 4) is 0 Å². The third-order valence-electron chi connectivity index (χ3n) is 4.33. The molecule has 4 nitrogen and oxygen atoms in total. The molecule has 112 valence electrons. The first-order valence-electron chi connectivity index (χ1n) is 7.21. The summed E-state index contributed by atoms with van der Waals surface area (Å²) >= 11 is 3.42. The summed E-state index contributed by atoms with van der Waals surface area (Å²) in [6.45, 7) is 2.84. The Balaban J connectivity index is 1.89. The number of fused-ring (bicyclic) bond motifs is 1. The van der Waals surface area contributed by atoms with Gasteiger partial charge in [-0.1, -0.05) is 15.9 Å². The van der Waals surface area contributed by atoms with Gasteiger partial charge >= 0.3 is 0 Å². The zero-order valence-corrected chi connectivity index (χ0v) is 13.5. The van der Waals surface area contributed by atoms with Gasteiger partial charge in [0.15, 0.2) is 5.76 Å². The van der Waals surface area contributed by atoms with Crippen molar-refractivity contribution in [3.63, 3.8) is 0 Å². The molecule has 1 N–H and O–H groups in total. The second kappa shape index (κ2) is 5.81. The molecule has 0 spiro atoms. The summed E-state index contributed by atoms with van der Waals surface area (Å²) in [6, 6.07) is 7.51. The highest BCUT2D eigenvalue weighted by molar-refractivity contribution is 9.10. The van der Waals surface area contributed by atoms with Crippen molar-refractivity contribution < 1.29 is 14.3 Å². The highest BCUT2D eigenvalue weighted by Gasteiger charge is 2.32. The van der Waals surface area contributed by atoms with E-state index in [1.165, 1.54) is 0 Å². The number of piperidine rings is 1. The molecule has 2 atom stereocenters. The quantitative estimate of drug-likeness (QED) is 0.901. The van der Waals surface area contributed by atoms with E-state index in [2.05, 4.69) is 15.9 Å². The van der Waals surface area contributed by atoms with Gasteiger partial charge in [-0.2, -0.15) is 0 Å². The maximum Gasteiger partial charge on any atom is 0.289 e. The third kappa shape index (κ3) is 2.72. The van der Waals surface area contributed by atoms with Crippen LogP contribution in [0.3, 0.4) is 0 Å². The number of benzene rings is 1. The largest absolute Gasteiger partial charge is 0.451 e. The van der Waals surface area contributed by atoms with E-state index in [0.29, 0.717) is 11.3 Å². The Morgan fingerprint density at radius 3 is 3.05 bits per heavy atom. The Kier molecular flexibility index (Phi) is 4.04. The van der Waals surface area contributed by atoms with E-state index in [9.17, 15) is 9.90 Å². The van der Waals surface area contributed by atoms with Gasteiger partial charge in [-0.15, -0.1) is 0 Å². The third-order valence-corrected chi connectivity index (χ3v) is 4.83. The number of aliphatic hydroxyl groups excluding tert-OH is 1. The van der Waals surface area contributed by atoms with Crippen molar-refractivity contribution in [1.29, 1.82) is 0 Å². The fourth-order valence-corrected chi connectivity index (χ4v) is 3.39. The smallest absolute Gasteiger partial charge is 0.289 e. The van der Waals surface area contributed by atoms with Gasteiger partial charge in [-0.3, -0.25) is 4.79 Å². The number of likely N-dealkylation sites (tertiary alicyclic amines) is 1. The minimum absolute atomic E-state index is 0.0381. The predicted octanol–water partition coefficient (Wildman–Crippen LogP) is 3.43. The molecule has 1 amide bonds. The van der Waals surface area contributed by atoms with Crippen LogP contribution in [0, 0.1) is 5.92 Å². The number of amides is 1. The van der Waals surface area contributed by atoms with Gasteiger partial charge < -0.3 is 14.4 Å². The summed E-state index contributed by atoms with van der Waals surface area (Å²) in [6.07, 6.45) is 1.89. The van der Waals surface area contributed by atoms with E-state index in [4.69, 9.17) is 4.42 Å². The molecule has 0 radical (unpaired) electrons. The summed E-state index contributed by atoms with van der Waals surface area (Å²) in [7, 11) is 0. The van der Waals surface area contributed by atoms with Crippen molar-refractivity contribution in [2.24, 2.45) is 5.92 Å². The molecule has 0 bridgehead atoms. The number of aliphatic hydroxyl groups is 1. The molecule has 2 unspecified atom stereocenters. The number of rotatable bonds is 2. The first kappa shape index (κ1) is 14.6. The van der Waals surface area contributed by atoms with Crippen LogP contribution in [0.1, 0.15) is 30.3 Å². The van der Waals surface area contributed by atoms with Crippen molar-refractivity contribution in [1.82, 2.24) is 4.90 Å². The molecule has 0 saturated carbocycles. The summed E-state index contributed by atoms with van der Waals surface area (Å²) in [4.78, 5) is 14.5. The molecule has 0 aliphatic carbocycles. The fourth-order valence-electron chi connectivity index (χ4n) is 3.01. The second-order valence-electron chi connectivity index (χ2n) is 5.62. The van der Waals surface area contributed by atoms with Crippen LogP contribution in [0.2, 0.25) is 0 Å². The molecule has 1 aliphatic rings. The van der Waals surface area contributed by atoms with Gasteiger partial charge in [0.25, 0.3) is 5.91 Å². The minimum atomic E-state index is -0.0898. The van der Waals surface area contributed by atoms with Crippen LogP contribution in [0.4, 0.5) is 0 Å². The Hall–Kier alpha value is -1.33. The summed E-state index contributed by atoms with van der Waals surface area (Å²) in [5.74, 6) is 0.433. The van der Waals surface area contributed by atoms with E-state index in [1.807, 2.05) is 30.0 Å². The van der Waals surface area contributed by atoms with Crippen LogP contribution in [0.25, 0.3) is 11.0 Å². The molecule has 21 heavy (non-hydrogen) atoms. The number of carbonyl (C=O) groups excluding carboxylic acids is 1. The lowest BCUT2D eigenvalue weighted by atomic mass is 9.91. The van der Waals surface area contributed by atoms with Gasteiger partial charge in [0.2, 0.25) is 0 Å². The molecule has 1 aromatic carbocycles. The van der Waals surface area contributed by atoms with Crippen LogP contribution in [0.15, 0.2) is 33.2 Å². The highest BCUT2D eigenvalue weighted by atomic mass is 79.9. The van der Waals surface area contributed by atoms with Crippen molar-refractivity contribution in [2.45, 2.75) is 25.8 Å². The lowest BCUT2D eigenvalue weighted by Gasteiger charge is -2.38. The van der Waals surface area contributed by atoms with Gasteiger partial charge in [-0.25, -0.2) is 0 Å². The Morgan fingerprint density at radius 1 is 1.48 bits per heavy atom. The Bertz CT molecular complexity index is 667. The zero-order chi connectivity index (χ0) is 15.0. The molecule has 1 aliphatic heterocycles. The molecule has 1 aromatic heterocycles. The van der Waals surface area contributed by atoms with E-state index >= 15 is 0 Å². The Morgan fingerprint density at radius 2 is 2.29 bits per heavy atom. The maximum atomic E-state index is 12.7. The molecule has 2 aromatic rings. The van der Waals surface area contributed by atoms with Crippen molar-refractivity contribution >= 4 is 32.8 Å². The first-order chi connectivity index (χ1) is 10.1. The molecule has 1 saturated heterocycles. The predicted molar refractivity (Wildman–Crippen MR) is 84.2 cm³/mol. The normalized spacial score (nSPS) is 22.7. The molecule has 3 rings (SSSR count). The number of carbonyl (C=O) groups is 1. The minimum Gasteiger partial charge on any atom is -0.451 e. The zero-order valence-electron chi connectivity index (χ0n) is 11.9. The van der Waals surface area contributed by atoms with E-state index in [-0.39, 0.29) is 24.5 Å². The number of furan rings is 1. The average Bonchev–Trinajstić information content (AvgIpc) is 2.89. The van der Waals surface area contributed by atoms with Crippen LogP contribution < -0.4 is 0 Å². The van der Waals surface area contributed by atoms with Gasteiger partial charge in [0.1, 0.15) is 5.58 Å². The van der Waals surface area contributed by atoms with E-state index in [0.717, 1.165) is 29.2 Å². The fraction of sp³-hybridized carbons (Fsp3) is 0.438. The highest BCUT2D eigenvalue weighted by Crippen LogP contribution is 2.28. The number of hydrogen-bond donors (Lipinski definition) is 1. The topological polar surface area (TPSA) is 53.7 Å². The van der Waals surface area contributed by atoms with Crippen molar-refractivity contribution in [2.75, 3.05) is 13.2 Å². The van der Waals surface area contributed by atoms with Crippen molar-refractivity contribution in [3.05, 3.63) is 34.5 Å². The van der Waals surface area contributed by atoms with Gasteiger partial charge in [0, 0.05) is 35.0 Å². The standard InChI is InChI=1S/C16H18BrNO3/c1-10-11(9-19)3-2-6-18(10)16(20)15-8-12-7-13(17)4-5-14(12)21-15/h4-5,7-8,10-11,19H,2-3,6,9H2,1H3. The molecule has 5 heteroatoms. The van der Waals surface area contributed by atoms with Crippen LogP contribution in [0.5, 0.6) is 0 Å². The van der Waals surface area contributed by atoms with Gasteiger partial charge in [-0.05, 0) is 44.0 Å². The lowest BCUT2D eigenvalue weighted by Crippen LogP contribution is -2.47. The van der Waals surface area contributed by atoms with Crippen LogP contribution in [-0.2, 0) is 0 Å². The van der Waals surface area contributed by atoms with E-state index in [1.54, 1.807) is 6.07 Å². The first-order valence-corrected chi connectivity index (χ1v) is 8.00. The monoisotopic (exact) mass is 351 g/mol. The average molecular weight is 352 g/mol. The molecular weight excluding hydrogens is 334 g/mol. The Labute approximate surface area is 131 Å². The summed E-state index contributed by atoms with van der Waals surface area (Å²) in [5, 5.41) is 10.3. The lowest BCUT2D eigenvalue weighted by molar-refractivity contribution is 0.0403. The van der Waals surface area contributed by atoms with Crippen LogP contribution >= 0.6 is 15.9 Å². The maximum absolute atomic E-state index is 12.7. The van der Waals surface area contributed by atoms with Crippen LogP contribution in [-0.4, -0.2) is 35.1 Å². The molecule has 2 heterocycles. The molecular formula is C16H18BrNO3. The van der Waals surface area contributed by atoms with E-state index < -0.39 is 0 Å². The summed E-state index contributed by atoms with van der Waals surface area (Å²) in [5.41, 5.74) is 0.713. The number of halogens is 1. The van der Waals surface area contributed by atoms with Gasteiger partial charge in [0.05, 0.1) is 0 Å². The molecule has 1 fully saturated rings. The SMILES string of the molecule is CC1C(CO)CCCN1C(=O)c1cc2cc(Br)ccc2o1. The number of nitrogens with zero attached hydrogens (tertiary/aromatic N) is 1. The summed E-state index contributed by atoms with van der Waals surface area (Å²) < 4.78 is 6.64. The second-order valence-corrected chi connectivity index (χ2v) is 6.53. The number of hydrogen-bond acceptors (Lipinski definition) is 3.